The normalized spacial score (nSPS) is 21.3. The highest BCUT2D eigenvalue weighted by atomic mass is 127. The summed E-state index contributed by atoms with van der Waals surface area (Å²) in [4.78, 5) is 9.44. The zero-order valence-electron chi connectivity index (χ0n) is 16.4. The first kappa shape index (κ1) is 22.9. The largest absolute Gasteiger partial charge is 0.379 e. The van der Waals surface area contributed by atoms with Gasteiger partial charge < -0.3 is 20.3 Å². The van der Waals surface area contributed by atoms with Crippen LogP contribution in [-0.2, 0) is 4.74 Å². The molecule has 148 valence electrons. The molecule has 0 atom stereocenters. The highest BCUT2D eigenvalue weighted by molar-refractivity contribution is 14.0. The van der Waals surface area contributed by atoms with Gasteiger partial charge in [0.15, 0.2) is 5.96 Å². The molecule has 2 rings (SSSR count). The molecule has 2 aliphatic rings. The topological polar surface area (TPSA) is 52.1 Å². The van der Waals surface area contributed by atoms with Crippen LogP contribution in [0.2, 0.25) is 0 Å². The van der Waals surface area contributed by atoms with Gasteiger partial charge in [-0.2, -0.15) is 0 Å². The average Bonchev–Trinajstić information content (AvgIpc) is 2.87. The number of likely N-dealkylation sites (tertiary alicyclic amines) is 1. The Balaban J connectivity index is 0.00000312. The highest BCUT2D eigenvalue weighted by Crippen LogP contribution is 2.15. The van der Waals surface area contributed by atoms with Crippen molar-refractivity contribution in [2.75, 3.05) is 66.1 Å². The minimum atomic E-state index is 0. The Morgan fingerprint density at radius 1 is 1.00 bits per heavy atom. The molecule has 0 aromatic rings. The first-order valence-corrected chi connectivity index (χ1v) is 9.61. The van der Waals surface area contributed by atoms with Crippen molar-refractivity contribution in [1.82, 2.24) is 20.4 Å². The second kappa shape index (κ2) is 12.3. The standard InChI is InChI=1S/C18H37N5O.HI/c1-18(2,23-12-14-24-15-13-23)16-21-17(19-3)20-8-11-22-9-6-4-5-7-10-22;/h4-16H2,1-3H3,(H2,19,20,21);1H. The molecule has 0 aromatic carbocycles. The number of aliphatic imine (C=N–C) groups is 1. The molecule has 7 heteroatoms. The molecule has 0 spiro atoms. The lowest BCUT2D eigenvalue weighted by molar-refractivity contribution is -0.00834. The summed E-state index contributed by atoms with van der Waals surface area (Å²) in [6.07, 6.45) is 5.48. The van der Waals surface area contributed by atoms with Crippen molar-refractivity contribution in [3.8, 4) is 0 Å². The first-order valence-electron chi connectivity index (χ1n) is 9.61. The third-order valence-electron chi connectivity index (χ3n) is 5.20. The van der Waals surface area contributed by atoms with Gasteiger partial charge in [0.2, 0.25) is 0 Å². The summed E-state index contributed by atoms with van der Waals surface area (Å²) in [6.45, 7) is 13.7. The van der Waals surface area contributed by atoms with Crippen LogP contribution in [0.15, 0.2) is 4.99 Å². The van der Waals surface area contributed by atoms with E-state index in [2.05, 4.69) is 39.3 Å². The second-order valence-corrected chi connectivity index (χ2v) is 7.52. The Kier molecular flexibility index (Phi) is 11.3. The molecule has 25 heavy (non-hydrogen) atoms. The number of morpholine rings is 1. The Bertz CT molecular complexity index is 378. The average molecular weight is 467 g/mol. The van der Waals surface area contributed by atoms with Crippen LogP contribution in [0.4, 0.5) is 0 Å². The van der Waals surface area contributed by atoms with Crippen molar-refractivity contribution in [3.63, 3.8) is 0 Å². The maximum atomic E-state index is 5.46. The van der Waals surface area contributed by atoms with E-state index >= 15 is 0 Å². The fraction of sp³-hybridized carbons (Fsp3) is 0.944. The molecule has 0 saturated carbocycles. The van der Waals surface area contributed by atoms with Crippen molar-refractivity contribution in [2.45, 2.75) is 45.1 Å². The lowest BCUT2D eigenvalue weighted by atomic mass is 10.0. The number of hydrogen-bond acceptors (Lipinski definition) is 4. The van der Waals surface area contributed by atoms with Gasteiger partial charge in [-0.1, -0.05) is 12.8 Å². The number of rotatable bonds is 6. The van der Waals surface area contributed by atoms with E-state index in [0.717, 1.165) is 51.9 Å². The van der Waals surface area contributed by atoms with Crippen molar-refractivity contribution < 1.29 is 4.74 Å². The molecule has 2 fully saturated rings. The van der Waals surface area contributed by atoms with Crippen LogP contribution >= 0.6 is 24.0 Å². The molecular formula is C18H38IN5O. The van der Waals surface area contributed by atoms with Gasteiger partial charge in [-0.3, -0.25) is 9.89 Å². The minimum absolute atomic E-state index is 0. The summed E-state index contributed by atoms with van der Waals surface area (Å²) >= 11 is 0. The van der Waals surface area contributed by atoms with Gasteiger partial charge in [0.1, 0.15) is 0 Å². The van der Waals surface area contributed by atoms with Crippen LogP contribution in [0, 0.1) is 0 Å². The van der Waals surface area contributed by atoms with Crippen LogP contribution in [0.25, 0.3) is 0 Å². The monoisotopic (exact) mass is 467 g/mol. The van der Waals surface area contributed by atoms with E-state index in [0.29, 0.717) is 0 Å². The lowest BCUT2D eigenvalue weighted by Crippen LogP contribution is -2.56. The molecule has 0 amide bonds. The summed E-state index contributed by atoms with van der Waals surface area (Å²) < 4.78 is 5.46. The Morgan fingerprint density at radius 3 is 2.24 bits per heavy atom. The number of hydrogen-bond donors (Lipinski definition) is 2. The lowest BCUT2D eigenvalue weighted by Gasteiger charge is -2.41. The molecule has 0 bridgehead atoms. The number of nitrogens with zero attached hydrogens (tertiary/aromatic N) is 3. The molecule has 0 unspecified atom stereocenters. The van der Waals surface area contributed by atoms with Gasteiger partial charge in [-0.05, 0) is 39.8 Å². The molecular weight excluding hydrogens is 429 g/mol. The van der Waals surface area contributed by atoms with Gasteiger partial charge >= 0.3 is 0 Å². The Labute approximate surface area is 171 Å². The van der Waals surface area contributed by atoms with Gasteiger partial charge in [0.25, 0.3) is 0 Å². The molecule has 2 N–H and O–H groups in total. The molecule has 2 aliphatic heterocycles. The Hall–Kier alpha value is -0.120. The van der Waals surface area contributed by atoms with Crippen molar-refractivity contribution in [3.05, 3.63) is 0 Å². The molecule has 6 nitrogen and oxygen atoms in total. The number of ether oxygens (including phenoxy) is 1. The zero-order valence-corrected chi connectivity index (χ0v) is 18.7. The van der Waals surface area contributed by atoms with E-state index in [4.69, 9.17) is 4.74 Å². The molecule has 0 radical (unpaired) electrons. The molecule has 2 heterocycles. The predicted octanol–water partition coefficient (Wildman–Crippen LogP) is 1.76. The number of guanidine groups is 1. The minimum Gasteiger partial charge on any atom is -0.379 e. The summed E-state index contributed by atoms with van der Waals surface area (Å²) in [5, 5.41) is 6.96. The van der Waals surface area contributed by atoms with Crippen LogP contribution in [0.3, 0.4) is 0 Å². The smallest absolute Gasteiger partial charge is 0.191 e. The maximum absolute atomic E-state index is 5.46. The van der Waals surface area contributed by atoms with E-state index < -0.39 is 0 Å². The van der Waals surface area contributed by atoms with Gasteiger partial charge in [-0.25, -0.2) is 0 Å². The third kappa shape index (κ3) is 8.41. The third-order valence-corrected chi connectivity index (χ3v) is 5.20. The van der Waals surface area contributed by atoms with E-state index in [1.54, 1.807) is 0 Å². The zero-order chi connectivity index (χ0) is 17.3. The number of halogens is 1. The van der Waals surface area contributed by atoms with E-state index in [9.17, 15) is 0 Å². The highest BCUT2D eigenvalue weighted by Gasteiger charge is 2.28. The molecule has 2 saturated heterocycles. The van der Waals surface area contributed by atoms with Gasteiger partial charge in [0.05, 0.1) is 13.2 Å². The van der Waals surface area contributed by atoms with Crippen LogP contribution < -0.4 is 10.6 Å². The fourth-order valence-corrected chi connectivity index (χ4v) is 3.49. The number of nitrogens with one attached hydrogen (secondary N) is 2. The van der Waals surface area contributed by atoms with Crippen LogP contribution in [0.1, 0.15) is 39.5 Å². The quantitative estimate of drug-likeness (QED) is 0.354. The van der Waals surface area contributed by atoms with Crippen LogP contribution in [-0.4, -0.2) is 87.4 Å². The molecule has 0 aromatic heterocycles. The first-order chi connectivity index (χ1) is 11.6. The van der Waals surface area contributed by atoms with Crippen molar-refractivity contribution in [2.24, 2.45) is 4.99 Å². The Morgan fingerprint density at radius 2 is 1.64 bits per heavy atom. The van der Waals surface area contributed by atoms with Crippen molar-refractivity contribution in [1.29, 1.82) is 0 Å². The van der Waals surface area contributed by atoms with Crippen molar-refractivity contribution >= 4 is 29.9 Å². The molecule has 0 aliphatic carbocycles. The van der Waals surface area contributed by atoms with E-state index in [1.165, 1.54) is 38.8 Å². The van der Waals surface area contributed by atoms with E-state index in [1.807, 2.05) is 7.05 Å². The predicted molar refractivity (Wildman–Crippen MR) is 116 cm³/mol. The van der Waals surface area contributed by atoms with Gasteiger partial charge in [-0.15, -0.1) is 24.0 Å². The summed E-state index contributed by atoms with van der Waals surface area (Å²) in [5.74, 6) is 0.908. The SMILES string of the molecule is CN=C(NCCN1CCCCCC1)NCC(C)(C)N1CCOCC1.I. The van der Waals surface area contributed by atoms with Gasteiger partial charge in [0, 0.05) is 45.3 Å². The summed E-state index contributed by atoms with van der Waals surface area (Å²) in [6, 6.07) is 0. The summed E-state index contributed by atoms with van der Waals surface area (Å²) in [7, 11) is 1.85. The summed E-state index contributed by atoms with van der Waals surface area (Å²) in [5.41, 5.74) is 0.103. The maximum Gasteiger partial charge on any atom is 0.191 e. The van der Waals surface area contributed by atoms with E-state index in [-0.39, 0.29) is 29.5 Å². The van der Waals surface area contributed by atoms with Crippen LogP contribution in [0.5, 0.6) is 0 Å². The fourth-order valence-electron chi connectivity index (χ4n) is 3.49. The second-order valence-electron chi connectivity index (χ2n) is 7.52.